The summed E-state index contributed by atoms with van der Waals surface area (Å²) in [4.78, 5) is 45.8. The van der Waals surface area contributed by atoms with Crippen LogP contribution in [0, 0.1) is 29.6 Å². The summed E-state index contributed by atoms with van der Waals surface area (Å²) in [6, 6.07) is -0.904. The number of ketones is 2. The molecule has 4 saturated carbocycles. The Balaban J connectivity index is 1.12. The number of morpholine rings is 2. The number of Topliss-reactive ketones (excluding diaryl/α,β-unsaturated/α-hetero) is 2. The molecule has 7 aliphatic rings. The second-order valence-electron chi connectivity index (χ2n) is 14.9. The van der Waals surface area contributed by atoms with Crippen molar-refractivity contribution in [2.75, 3.05) is 59.0 Å². The van der Waals surface area contributed by atoms with Gasteiger partial charge in [0, 0.05) is 56.7 Å². The predicted octanol–water partition coefficient (Wildman–Crippen LogP) is 1.83. The molecule has 0 aromatic rings. The van der Waals surface area contributed by atoms with Crippen LogP contribution in [0.15, 0.2) is 11.8 Å². The molecule has 1 amide bonds. The van der Waals surface area contributed by atoms with Crippen molar-refractivity contribution in [3.63, 3.8) is 0 Å². The van der Waals surface area contributed by atoms with Crippen LogP contribution in [0.25, 0.3) is 0 Å². The molecule has 10 nitrogen and oxygen atoms in total. The lowest BCUT2D eigenvalue weighted by Gasteiger charge is -2.60. The minimum absolute atomic E-state index is 0.000696. The third-order valence-corrected chi connectivity index (χ3v) is 12.4. The monoisotopic (exact) mass is 643 g/mol. The van der Waals surface area contributed by atoms with E-state index in [2.05, 4.69) is 32.7 Å². The van der Waals surface area contributed by atoms with Gasteiger partial charge in [-0.25, -0.2) is 4.39 Å². The molecule has 0 aromatic heterocycles. The number of nitrogens with zero attached hydrogens (tertiary/aromatic N) is 2. The van der Waals surface area contributed by atoms with Gasteiger partial charge in [0.2, 0.25) is 0 Å². The topological polar surface area (TPSA) is 112 Å². The molecule has 2 saturated heterocycles. The standard InChI is InChI=1S/C35H54FN5O5/c1-2-8-37-10-11-38-30-27(36)17-25-31-34(30)46-29-19-24-23(21-6-3-4-7-22(21)32(24)42)18-28(29)41(31)20-26(33(25)43)35(44)39-9-5-12-40-13-15-45-16-14-40/h20-25,27-31,34,37-38H,2-19H2,1H3,(H,39,44). The quantitative estimate of drug-likeness (QED) is 0.229. The Labute approximate surface area is 272 Å². The van der Waals surface area contributed by atoms with Crippen molar-refractivity contribution in [3.05, 3.63) is 11.8 Å². The summed E-state index contributed by atoms with van der Waals surface area (Å²) in [5.74, 6) is 0.0662. The van der Waals surface area contributed by atoms with Gasteiger partial charge in [0.15, 0.2) is 5.78 Å². The number of amides is 1. The van der Waals surface area contributed by atoms with Crippen molar-refractivity contribution in [2.24, 2.45) is 29.6 Å². The number of alkyl halides is 1. The van der Waals surface area contributed by atoms with Gasteiger partial charge in [-0.05, 0) is 69.9 Å². The summed E-state index contributed by atoms with van der Waals surface area (Å²) < 4.78 is 28.4. The van der Waals surface area contributed by atoms with E-state index in [9.17, 15) is 14.4 Å². The molecule has 6 fully saturated rings. The summed E-state index contributed by atoms with van der Waals surface area (Å²) in [6.45, 7) is 8.95. The maximum absolute atomic E-state index is 16.1. The van der Waals surface area contributed by atoms with Crippen molar-refractivity contribution < 1.29 is 28.2 Å². The largest absolute Gasteiger partial charge is 0.379 e. The van der Waals surface area contributed by atoms with Gasteiger partial charge in [0.1, 0.15) is 12.0 Å². The smallest absolute Gasteiger partial charge is 0.256 e. The SMILES string of the molecule is CCCNCCNC1C(F)CC2C(=O)C(C(=O)NCCCN3CCOCC3)=CN3C4CC5C(CC4OC1C23)C(=O)C1CCCCC15. The second-order valence-corrected chi connectivity index (χ2v) is 14.9. The van der Waals surface area contributed by atoms with Crippen LogP contribution in [0.4, 0.5) is 4.39 Å². The van der Waals surface area contributed by atoms with E-state index in [0.29, 0.717) is 37.1 Å². The molecule has 3 heterocycles. The Kier molecular flexibility index (Phi) is 10.1. The molecule has 0 radical (unpaired) electrons. The highest BCUT2D eigenvalue weighted by Crippen LogP contribution is 2.55. The van der Waals surface area contributed by atoms with Crippen LogP contribution in [-0.2, 0) is 23.9 Å². The maximum Gasteiger partial charge on any atom is 0.256 e. The number of hydrogen-bond acceptors (Lipinski definition) is 9. The summed E-state index contributed by atoms with van der Waals surface area (Å²) >= 11 is 0. The number of carbonyl (C=O) groups is 3. The third-order valence-electron chi connectivity index (χ3n) is 12.4. The Bertz CT molecular complexity index is 1160. The van der Waals surface area contributed by atoms with E-state index in [1.165, 1.54) is 6.42 Å². The average molecular weight is 644 g/mol. The van der Waals surface area contributed by atoms with E-state index in [4.69, 9.17) is 9.47 Å². The van der Waals surface area contributed by atoms with E-state index >= 15 is 4.39 Å². The van der Waals surface area contributed by atoms with Crippen molar-refractivity contribution in [2.45, 2.75) is 101 Å². The molecule has 3 N–H and O–H groups in total. The summed E-state index contributed by atoms with van der Waals surface area (Å²) in [5, 5.41) is 9.82. The van der Waals surface area contributed by atoms with E-state index in [-0.39, 0.29) is 53.7 Å². The Morgan fingerprint density at radius 2 is 1.80 bits per heavy atom. The van der Waals surface area contributed by atoms with Crippen LogP contribution < -0.4 is 16.0 Å². The zero-order valence-corrected chi connectivity index (χ0v) is 27.5. The fraction of sp³-hybridized carbons (Fsp3) is 0.857. The van der Waals surface area contributed by atoms with Crippen LogP contribution in [0.2, 0.25) is 0 Å². The maximum atomic E-state index is 16.1. The van der Waals surface area contributed by atoms with E-state index in [0.717, 1.165) is 84.5 Å². The predicted molar refractivity (Wildman–Crippen MR) is 171 cm³/mol. The molecule has 11 unspecified atom stereocenters. The van der Waals surface area contributed by atoms with Crippen molar-refractivity contribution in [3.8, 4) is 0 Å². The number of fused-ring (bicyclic) bond motifs is 5. The van der Waals surface area contributed by atoms with Gasteiger partial charge in [0.05, 0.1) is 49.1 Å². The minimum atomic E-state index is -1.27. The lowest BCUT2D eigenvalue weighted by molar-refractivity contribution is -0.206. The molecule has 0 bridgehead atoms. The van der Waals surface area contributed by atoms with Gasteiger partial charge in [-0.3, -0.25) is 19.3 Å². The molecule has 11 heteroatoms. The van der Waals surface area contributed by atoms with Gasteiger partial charge in [-0.15, -0.1) is 0 Å². The van der Waals surface area contributed by atoms with E-state index in [1.54, 1.807) is 0 Å². The van der Waals surface area contributed by atoms with Crippen molar-refractivity contribution in [1.82, 2.24) is 25.8 Å². The normalized spacial score (nSPS) is 40.4. The number of rotatable bonds is 11. The van der Waals surface area contributed by atoms with Crippen LogP contribution in [0.5, 0.6) is 0 Å². The Hall–Kier alpha value is -1.92. The van der Waals surface area contributed by atoms with Crippen LogP contribution in [0.1, 0.15) is 64.7 Å². The molecule has 256 valence electrons. The molecule has 4 aliphatic carbocycles. The van der Waals surface area contributed by atoms with Crippen LogP contribution in [-0.4, -0.2) is 123 Å². The molecule has 0 spiro atoms. The average Bonchev–Trinajstić information content (AvgIpc) is 3.35. The first kappa shape index (κ1) is 32.6. The van der Waals surface area contributed by atoms with E-state index in [1.807, 2.05) is 6.20 Å². The van der Waals surface area contributed by atoms with Gasteiger partial charge in [-0.2, -0.15) is 0 Å². The number of halogens is 1. The summed E-state index contributed by atoms with van der Waals surface area (Å²) in [5.41, 5.74) is 0.148. The molecule has 0 aromatic carbocycles. The highest BCUT2D eigenvalue weighted by molar-refractivity contribution is 6.20. The summed E-state index contributed by atoms with van der Waals surface area (Å²) in [6.07, 6.45) is 7.56. The number of hydrogen-bond donors (Lipinski definition) is 3. The lowest BCUT2D eigenvalue weighted by Crippen LogP contribution is -2.73. The number of carbonyl (C=O) groups excluding carboxylic acids is 3. The zero-order valence-electron chi connectivity index (χ0n) is 27.5. The molecule has 3 aliphatic heterocycles. The lowest BCUT2D eigenvalue weighted by atomic mass is 9.66. The Morgan fingerprint density at radius 3 is 2.63 bits per heavy atom. The zero-order chi connectivity index (χ0) is 31.8. The first-order valence-electron chi connectivity index (χ1n) is 18.3. The molecular formula is C35H54FN5O5. The molecule has 7 rings (SSSR count). The first-order chi connectivity index (χ1) is 22.5. The van der Waals surface area contributed by atoms with Gasteiger partial charge >= 0.3 is 0 Å². The molecular weight excluding hydrogens is 589 g/mol. The number of ether oxygens (including phenoxy) is 2. The molecule has 11 atom stereocenters. The Morgan fingerprint density at radius 1 is 0.978 bits per heavy atom. The molecule has 46 heavy (non-hydrogen) atoms. The fourth-order valence-corrected chi connectivity index (χ4v) is 10.2. The van der Waals surface area contributed by atoms with Gasteiger partial charge in [-0.1, -0.05) is 19.8 Å². The summed E-state index contributed by atoms with van der Waals surface area (Å²) in [7, 11) is 0. The van der Waals surface area contributed by atoms with Crippen molar-refractivity contribution in [1.29, 1.82) is 0 Å². The highest BCUT2D eigenvalue weighted by Gasteiger charge is 2.62. The first-order valence-corrected chi connectivity index (χ1v) is 18.3. The van der Waals surface area contributed by atoms with Crippen LogP contribution >= 0.6 is 0 Å². The van der Waals surface area contributed by atoms with Crippen LogP contribution in [0.3, 0.4) is 0 Å². The van der Waals surface area contributed by atoms with Crippen molar-refractivity contribution >= 4 is 17.5 Å². The number of nitrogens with one attached hydrogen (secondary N) is 3. The van der Waals surface area contributed by atoms with Gasteiger partial charge in [0.25, 0.3) is 5.91 Å². The third kappa shape index (κ3) is 6.19. The highest BCUT2D eigenvalue weighted by atomic mass is 19.1. The second kappa shape index (κ2) is 14.3. The minimum Gasteiger partial charge on any atom is -0.379 e. The van der Waals surface area contributed by atoms with Gasteiger partial charge < -0.3 is 30.3 Å². The van der Waals surface area contributed by atoms with E-state index < -0.39 is 24.2 Å². The fourth-order valence-electron chi connectivity index (χ4n) is 10.2.